The fourth-order valence-electron chi connectivity index (χ4n) is 1.53. The van der Waals surface area contributed by atoms with Gasteiger partial charge in [0.15, 0.2) is 5.82 Å². The van der Waals surface area contributed by atoms with Gasteiger partial charge >= 0.3 is 0 Å². The minimum atomic E-state index is -0.396. The van der Waals surface area contributed by atoms with E-state index in [1.807, 2.05) is 0 Å². The lowest BCUT2D eigenvalue weighted by Crippen LogP contribution is -2.17. The third-order valence-electron chi connectivity index (χ3n) is 2.44. The number of halogens is 2. The van der Waals surface area contributed by atoms with E-state index in [-0.39, 0.29) is 10.1 Å². The van der Waals surface area contributed by atoms with Crippen molar-refractivity contribution in [3.63, 3.8) is 0 Å². The van der Waals surface area contributed by atoms with Crippen molar-refractivity contribution < 1.29 is 9.59 Å². The summed E-state index contributed by atoms with van der Waals surface area (Å²) in [6, 6.07) is 6.46. The molecule has 1 aromatic heterocycles. The molecule has 0 radical (unpaired) electrons. The Morgan fingerprint density at radius 3 is 1.80 bits per heavy atom. The van der Waals surface area contributed by atoms with E-state index in [9.17, 15) is 9.59 Å². The van der Waals surface area contributed by atoms with E-state index in [1.165, 1.54) is 6.20 Å². The van der Waals surface area contributed by atoms with Crippen LogP contribution in [0.2, 0.25) is 0 Å². The van der Waals surface area contributed by atoms with Crippen molar-refractivity contribution in [1.29, 1.82) is 0 Å². The number of H-pyrrole nitrogens is 1. The quantitative estimate of drug-likeness (QED) is 0.776. The predicted molar refractivity (Wildman–Crippen MR) is 74.6 cm³/mol. The highest BCUT2D eigenvalue weighted by Crippen LogP contribution is 2.30. The second-order valence-corrected chi connectivity index (χ2v) is 4.49. The number of Topliss-reactive ketones (excluding diaryl/α,β-unsaturated/α-hetero) is 2. The molecule has 0 amide bonds. The number of rotatable bonds is 0. The second-order valence-electron chi connectivity index (χ2n) is 3.73. The highest BCUT2D eigenvalue weighted by molar-refractivity contribution is 6.59. The first-order valence-electron chi connectivity index (χ1n) is 5.38. The maximum Gasteiger partial charge on any atom is 0.206 e. The number of nitrogens with two attached hydrogens (primary N) is 1. The van der Waals surface area contributed by atoms with Crippen LogP contribution in [0, 0.1) is 0 Å². The summed E-state index contributed by atoms with van der Waals surface area (Å²) < 4.78 is 0. The molecule has 0 fully saturated rings. The Morgan fingerprint density at radius 2 is 1.50 bits per heavy atom. The van der Waals surface area contributed by atoms with Gasteiger partial charge in [0, 0.05) is 11.1 Å². The summed E-state index contributed by atoms with van der Waals surface area (Å²) in [6.07, 6.45) is 1.51. The van der Waals surface area contributed by atoms with Crippen LogP contribution in [0.4, 0.5) is 5.82 Å². The Labute approximate surface area is 123 Å². The number of carbonyl (C=O) groups is 2. The van der Waals surface area contributed by atoms with Gasteiger partial charge < -0.3 is 5.73 Å². The first kappa shape index (κ1) is 14.2. The third kappa shape index (κ3) is 2.71. The summed E-state index contributed by atoms with van der Waals surface area (Å²) in [7, 11) is 0. The lowest BCUT2D eigenvalue weighted by Gasteiger charge is -2.12. The minimum absolute atomic E-state index is 0.199. The van der Waals surface area contributed by atoms with Crippen molar-refractivity contribution in [3.05, 3.63) is 51.7 Å². The Balaban J connectivity index is 0.000000205. The summed E-state index contributed by atoms with van der Waals surface area (Å²) in [6.45, 7) is 0. The summed E-state index contributed by atoms with van der Waals surface area (Å²) in [5.74, 6) is -0.367. The van der Waals surface area contributed by atoms with Gasteiger partial charge in [0.2, 0.25) is 11.6 Å². The molecule has 3 rings (SSSR count). The van der Waals surface area contributed by atoms with Crippen LogP contribution in [-0.2, 0) is 0 Å². The summed E-state index contributed by atoms with van der Waals surface area (Å²) in [5.41, 5.74) is 5.70. The number of carbonyl (C=O) groups excluding carboxylic acids is 2. The zero-order valence-electron chi connectivity index (χ0n) is 9.93. The largest absolute Gasteiger partial charge is 0.381 e. The normalized spacial score (nSPS) is 13.7. The number of nitrogens with zero attached hydrogens (tertiary/aromatic N) is 2. The monoisotopic (exact) mass is 310 g/mol. The number of nitrogen functional groups attached to an aromatic ring is 1. The molecule has 8 heteroatoms. The first-order valence-corrected chi connectivity index (χ1v) is 6.13. The van der Waals surface area contributed by atoms with Gasteiger partial charge in [0.05, 0.1) is 6.20 Å². The molecule has 102 valence electrons. The van der Waals surface area contributed by atoms with Crippen molar-refractivity contribution in [3.8, 4) is 0 Å². The van der Waals surface area contributed by atoms with Crippen LogP contribution in [0.1, 0.15) is 20.7 Å². The van der Waals surface area contributed by atoms with Crippen LogP contribution in [-0.4, -0.2) is 27.0 Å². The molecule has 0 unspecified atom stereocenters. The number of benzene rings is 1. The molecule has 3 N–H and O–H groups in total. The van der Waals surface area contributed by atoms with Gasteiger partial charge in [0.1, 0.15) is 10.1 Å². The molecule has 0 atom stereocenters. The van der Waals surface area contributed by atoms with Crippen molar-refractivity contribution in [2.45, 2.75) is 0 Å². The van der Waals surface area contributed by atoms with Crippen molar-refractivity contribution in [1.82, 2.24) is 15.4 Å². The highest BCUT2D eigenvalue weighted by atomic mass is 35.5. The van der Waals surface area contributed by atoms with E-state index < -0.39 is 11.6 Å². The van der Waals surface area contributed by atoms with Crippen LogP contribution >= 0.6 is 23.2 Å². The van der Waals surface area contributed by atoms with E-state index in [0.717, 1.165) is 0 Å². The molecule has 20 heavy (non-hydrogen) atoms. The van der Waals surface area contributed by atoms with E-state index in [4.69, 9.17) is 28.9 Å². The van der Waals surface area contributed by atoms with Crippen molar-refractivity contribution in [2.75, 3.05) is 5.73 Å². The number of ketones is 2. The van der Waals surface area contributed by atoms with E-state index in [0.29, 0.717) is 16.9 Å². The molecule has 0 saturated heterocycles. The Morgan fingerprint density at radius 1 is 1.00 bits per heavy atom. The number of anilines is 1. The summed E-state index contributed by atoms with van der Waals surface area (Å²) in [4.78, 5) is 23.1. The first-order chi connectivity index (χ1) is 9.52. The standard InChI is InChI=1S/C10H4Cl2O2.C2H4N4/c11-7-8(12)10(14)6-4-2-1-3-5(6)9(7)13;3-2-1-4-6-5-2/h1-4H;1H,(H3,3,4,5,6). The zero-order chi connectivity index (χ0) is 14.7. The Bertz CT molecular complexity index is 652. The maximum absolute atomic E-state index is 11.5. The van der Waals surface area contributed by atoms with E-state index >= 15 is 0 Å². The van der Waals surface area contributed by atoms with Gasteiger partial charge in [-0.2, -0.15) is 0 Å². The lowest BCUT2D eigenvalue weighted by atomic mass is 9.95. The molecule has 1 heterocycles. The molecular formula is C12H8Cl2N4O2. The smallest absolute Gasteiger partial charge is 0.206 e. The van der Waals surface area contributed by atoms with Gasteiger partial charge in [0.25, 0.3) is 0 Å². The van der Waals surface area contributed by atoms with Crippen molar-refractivity contribution in [2.24, 2.45) is 0 Å². The number of aromatic nitrogens is 3. The maximum atomic E-state index is 11.5. The van der Waals surface area contributed by atoms with Gasteiger partial charge in [-0.3, -0.25) is 14.7 Å². The number of fused-ring (bicyclic) bond motifs is 1. The van der Waals surface area contributed by atoms with Crippen LogP contribution < -0.4 is 5.73 Å². The number of nitrogens with one attached hydrogen (secondary N) is 1. The fourth-order valence-corrected chi connectivity index (χ4v) is 1.90. The van der Waals surface area contributed by atoms with Gasteiger partial charge in [-0.15, -0.1) is 5.10 Å². The molecule has 1 aromatic carbocycles. The summed E-state index contributed by atoms with van der Waals surface area (Å²) in [5, 5.41) is 8.76. The molecule has 0 aliphatic heterocycles. The van der Waals surface area contributed by atoms with Crippen LogP contribution in [0.15, 0.2) is 40.5 Å². The molecule has 0 bridgehead atoms. The predicted octanol–water partition coefficient (Wildman–Crippen LogP) is 2.14. The SMILES string of the molecule is Nc1c[nH]nn1.O=C1C(Cl)=C(Cl)C(=O)c2ccccc21. The molecular weight excluding hydrogens is 303 g/mol. The van der Waals surface area contributed by atoms with Crippen LogP contribution in [0.25, 0.3) is 0 Å². The molecule has 0 spiro atoms. The Kier molecular flexibility index (Phi) is 4.16. The second kappa shape index (κ2) is 5.85. The van der Waals surface area contributed by atoms with Crippen LogP contribution in [0.5, 0.6) is 0 Å². The highest BCUT2D eigenvalue weighted by Gasteiger charge is 2.29. The Hall–Kier alpha value is -2.18. The average Bonchev–Trinajstić information content (AvgIpc) is 2.94. The molecule has 0 saturated carbocycles. The topological polar surface area (TPSA) is 102 Å². The van der Waals surface area contributed by atoms with Gasteiger partial charge in [-0.05, 0) is 0 Å². The number of aromatic amines is 1. The van der Waals surface area contributed by atoms with Crippen LogP contribution in [0.3, 0.4) is 0 Å². The van der Waals surface area contributed by atoms with E-state index in [2.05, 4.69) is 15.4 Å². The third-order valence-corrected chi connectivity index (χ3v) is 3.26. The minimum Gasteiger partial charge on any atom is -0.381 e. The van der Waals surface area contributed by atoms with Gasteiger partial charge in [-0.1, -0.05) is 52.7 Å². The van der Waals surface area contributed by atoms with Crippen molar-refractivity contribution >= 4 is 40.6 Å². The number of allylic oxidation sites excluding steroid dienone is 2. The van der Waals surface area contributed by atoms with E-state index in [1.54, 1.807) is 24.3 Å². The number of hydrogen-bond donors (Lipinski definition) is 2. The molecule has 1 aliphatic rings. The lowest BCUT2D eigenvalue weighted by molar-refractivity contribution is 0.0987. The van der Waals surface area contributed by atoms with Gasteiger partial charge in [-0.25, -0.2) is 0 Å². The molecule has 2 aromatic rings. The molecule has 1 aliphatic carbocycles. The fraction of sp³-hybridized carbons (Fsp3) is 0. The molecule has 6 nitrogen and oxygen atoms in total. The average molecular weight is 311 g/mol. The summed E-state index contributed by atoms with van der Waals surface area (Å²) >= 11 is 11.2. The zero-order valence-corrected chi connectivity index (χ0v) is 11.4. The number of hydrogen-bond acceptors (Lipinski definition) is 5.